The van der Waals surface area contributed by atoms with Crippen LogP contribution in [-0.2, 0) is 5.41 Å². The summed E-state index contributed by atoms with van der Waals surface area (Å²) in [7, 11) is 0. The van der Waals surface area contributed by atoms with E-state index in [9.17, 15) is 0 Å². The average Bonchev–Trinajstić information content (AvgIpc) is 3.60. The third-order valence-electron chi connectivity index (χ3n) is 13.3. The Kier molecular flexibility index (Phi) is 8.55. The molecule has 0 saturated carbocycles. The summed E-state index contributed by atoms with van der Waals surface area (Å²) in [6, 6.07) is 79.0. The van der Waals surface area contributed by atoms with Gasteiger partial charge in [-0.1, -0.05) is 214 Å². The Hall–Kier alpha value is -7.94. The topological polar surface area (TPSA) is 25.8 Å². The molecule has 0 N–H and O–H groups in total. The molecule has 2 heteroatoms. The molecule has 296 valence electrons. The van der Waals surface area contributed by atoms with E-state index in [4.69, 9.17) is 9.97 Å². The fourth-order valence-corrected chi connectivity index (χ4v) is 10.2. The van der Waals surface area contributed by atoms with E-state index < -0.39 is 0 Å². The van der Waals surface area contributed by atoms with Crippen LogP contribution >= 0.6 is 0 Å². The van der Waals surface area contributed by atoms with E-state index in [0.29, 0.717) is 5.82 Å². The first-order valence-electron chi connectivity index (χ1n) is 21.8. The van der Waals surface area contributed by atoms with E-state index in [1.54, 1.807) is 0 Å². The standard InChI is InChI=1S/C61H42N2/c1-61(2)54-30-16-29-52(59(54)58-44-24-10-9-19-40(44)31-36-55(58)61)51-33-32-49(45-25-11-12-26-46(45)51)50-34-35-53(48-28-14-13-27-47(48)50)60-62-56(41-20-7-4-8-21-41)38-57(63-60)43-23-15-22-42(37-43)39-17-5-3-6-18-39/h3-38H,1-2H3. The SMILES string of the molecule is CC1(C)c2cccc(-c3ccc(-c4ccc(-c5nc(-c6ccccc6)cc(-c6cccc(-c7ccccc7)c6)n5)c5ccccc45)c4ccccc34)c2-c2c1ccc1ccccc21. The van der Waals surface area contributed by atoms with Crippen molar-refractivity contribution >= 4 is 32.3 Å². The number of hydrogen-bond acceptors (Lipinski definition) is 2. The van der Waals surface area contributed by atoms with Gasteiger partial charge in [-0.15, -0.1) is 0 Å². The maximum atomic E-state index is 5.34. The van der Waals surface area contributed by atoms with Crippen molar-refractivity contribution in [3.05, 3.63) is 230 Å². The van der Waals surface area contributed by atoms with Crippen LogP contribution < -0.4 is 0 Å². The molecule has 0 radical (unpaired) electrons. The molecule has 63 heavy (non-hydrogen) atoms. The van der Waals surface area contributed by atoms with E-state index in [1.165, 1.54) is 71.6 Å². The van der Waals surface area contributed by atoms with E-state index in [2.05, 4.69) is 226 Å². The maximum Gasteiger partial charge on any atom is 0.161 e. The molecule has 1 aromatic heterocycles. The van der Waals surface area contributed by atoms with E-state index >= 15 is 0 Å². The smallest absolute Gasteiger partial charge is 0.161 e. The second-order valence-corrected chi connectivity index (χ2v) is 17.2. The van der Waals surface area contributed by atoms with Gasteiger partial charge < -0.3 is 0 Å². The summed E-state index contributed by atoms with van der Waals surface area (Å²) in [6.45, 7) is 4.75. The largest absolute Gasteiger partial charge is 0.228 e. The van der Waals surface area contributed by atoms with Gasteiger partial charge in [-0.05, 0) is 106 Å². The lowest BCUT2D eigenvalue weighted by atomic mass is 9.81. The Labute approximate surface area is 367 Å². The number of nitrogens with zero attached hydrogens (tertiary/aromatic N) is 2. The molecule has 0 fully saturated rings. The van der Waals surface area contributed by atoms with Gasteiger partial charge >= 0.3 is 0 Å². The summed E-state index contributed by atoms with van der Waals surface area (Å²) < 4.78 is 0. The van der Waals surface area contributed by atoms with Crippen LogP contribution in [0.4, 0.5) is 0 Å². The Morgan fingerprint density at radius 3 is 1.44 bits per heavy atom. The van der Waals surface area contributed by atoms with Crippen molar-refractivity contribution in [2.24, 2.45) is 0 Å². The second kappa shape index (κ2) is 14.6. The summed E-state index contributed by atoms with van der Waals surface area (Å²) in [5, 5.41) is 7.33. The number of hydrogen-bond donors (Lipinski definition) is 0. The zero-order chi connectivity index (χ0) is 42.1. The Morgan fingerprint density at radius 1 is 0.302 bits per heavy atom. The highest BCUT2D eigenvalue weighted by Gasteiger charge is 2.38. The molecule has 12 rings (SSSR count). The number of rotatable bonds is 6. The fourth-order valence-electron chi connectivity index (χ4n) is 10.2. The molecule has 0 spiro atoms. The zero-order valence-electron chi connectivity index (χ0n) is 35.2. The van der Waals surface area contributed by atoms with E-state index in [-0.39, 0.29) is 5.41 Å². The predicted molar refractivity (Wildman–Crippen MR) is 265 cm³/mol. The molecule has 0 atom stereocenters. The molecule has 0 aliphatic heterocycles. The highest BCUT2D eigenvalue weighted by molar-refractivity contribution is 6.14. The minimum absolute atomic E-state index is 0.113. The predicted octanol–water partition coefficient (Wildman–Crippen LogP) is 16.2. The molecule has 0 unspecified atom stereocenters. The van der Waals surface area contributed by atoms with Crippen LogP contribution in [0, 0.1) is 0 Å². The van der Waals surface area contributed by atoms with Crippen LogP contribution in [0.3, 0.4) is 0 Å². The molecule has 2 nitrogen and oxygen atoms in total. The normalized spacial score (nSPS) is 12.7. The van der Waals surface area contributed by atoms with Gasteiger partial charge in [0.15, 0.2) is 5.82 Å². The third kappa shape index (κ3) is 6.02. The molecule has 0 bridgehead atoms. The first kappa shape index (κ1) is 36.9. The lowest BCUT2D eigenvalue weighted by Crippen LogP contribution is -2.14. The van der Waals surface area contributed by atoms with Gasteiger partial charge in [0.25, 0.3) is 0 Å². The summed E-state index contributed by atoms with van der Waals surface area (Å²) in [5.41, 5.74) is 17.5. The first-order valence-corrected chi connectivity index (χ1v) is 21.8. The summed E-state index contributed by atoms with van der Waals surface area (Å²) in [6.07, 6.45) is 0. The quantitative estimate of drug-likeness (QED) is 0.167. The molecule has 11 aromatic rings. The Morgan fingerprint density at radius 2 is 0.778 bits per heavy atom. The van der Waals surface area contributed by atoms with Crippen molar-refractivity contribution in [3.8, 4) is 78.4 Å². The average molecular weight is 803 g/mol. The van der Waals surface area contributed by atoms with Gasteiger partial charge in [-0.2, -0.15) is 0 Å². The van der Waals surface area contributed by atoms with Crippen molar-refractivity contribution in [3.63, 3.8) is 0 Å². The van der Waals surface area contributed by atoms with Crippen LogP contribution in [0.1, 0.15) is 25.0 Å². The number of benzene rings is 10. The minimum Gasteiger partial charge on any atom is -0.228 e. The highest BCUT2D eigenvalue weighted by Crippen LogP contribution is 2.55. The molecule has 1 aliphatic rings. The van der Waals surface area contributed by atoms with Crippen LogP contribution in [0.2, 0.25) is 0 Å². The zero-order valence-corrected chi connectivity index (χ0v) is 35.2. The fraction of sp³-hybridized carbons (Fsp3) is 0.0492. The lowest BCUT2D eigenvalue weighted by molar-refractivity contribution is 0.661. The lowest BCUT2D eigenvalue weighted by Gasteiger charge is -2.22. The minimum atomic E-state index is -0.113. The highest BCUT2D eigenvalue weighted by atomic mass is 14.9. The van der Waals surface area contributed by atoms with Gasteiger partial charge in [0.1, 0.15) is 0 Å². The Bertz CT molecular complexity index is 3580. The van der Waals surface area contributed by atoms with Crippen LogP contribution in [0.15, 0.2) is 218 Å². The molecule has 0 saturated heterocycles. The van der Waals surface area contributed by atoms with E-state index in [1.807, 2.05) is 6.07 Å². The second-order valence-electron chi connectivity index (χ2n) is 17.2. The molecular formula is C61H42N2. The van der Waals surface area contributed by atoms with Gasteiger partial charge in [-0.3, -0.25) is 0 Å². The molecule has 10 aromatic carbocycles. The number of fused-ring (bicyclic) bond motifs is 7. The summed E-state index contributed by atoms with van der Waals surface area (Å²) in [5.74, 6) is 0.702. The Balaban J connectivity index is 1.02. The van der Waals surface area contributed by atoms with Crippen molar-refractivity contribution in [2.45, 2.75) is 19.3 Å². The van der Waals surface area contributed by atoms with Gasteiger partial charge in [0, 0.05) is 22.1 Å². The molecule has 1 heterocycles. The van der Waals surface area contributed by atoms with Crippen molar-refractivity contribution in [1.29, 1.82) is 0 Å². The molecule has 1 aliphatic carbocycles. The van der Waals surface area contributed by atoms with Crippen LogP contribution in [0.25, 0.3) is 111 Å². The third-order valence-corrected chi connectivity index (χ3v) is 13.3. The van der Waals surface area contributed by atoms with E-state index in [0.717, 1.165) is 44.4 Å². The van der Waals surface area contributed by atoms with Gasteiger partial charge in [-0.25, -0.2) is 9.97 Å². The van der Waals surface area contributed by atoms with Crippen LogP contribution in [0.5, 0.6) is 0 Å². The monoisotopic (exact) mass is 802 g/mol. The van der Waals surface area contributed by atoms with Crippen molar-refractivity contribution in [1.82, 2.24) is 9.97 Å². The van der Waals surface area contributed by atoms with Gasteiger partial charge in [0.05, 0.1) is 11.4 Å². The first-order chi connectivity index (χ1) is 31.0. The summed E-state index contributed by atoms with van der Waals surface area (Å²) >= 11 is 0. The maximum absolute atomic E-state index is 5.34. The number of aromatic nitrogens is 2. The molecule has 0 amide bonds. The molecular weight excluding hydrogens is 761 g/mol. The van der Waals surface area contributed by atoms with Crippen molar-refractivity contribution in [2.75, 3.05) is 0 Å². The van der Waals surface area contributed by atoms with Gasteiger partial charge in [0.2, 0.25) is 0 Å². The van der Waals surface area contributed by atoms with Crippen molar-refractivity contribution < 1.29 is 0 Å². The van der Waals surface area contributed by atoms with Crippen LogP contribution in [-0.4, -0.2) is 9.97 Å². The summed E-state index contributed by atoms with van der Waals surface area (Å²) in [4.78, 5) is 10.6.